The summed E-state index contributed by atoms with van der Waals surface area (Å²) in [7, 11) is 1.74. The SMILES string of the molecule is CN(c1ccccc1C#N)C(C(=O)O)C1CC1. The number of anilines is 1. The van der Waals surface area contributed by atoms with Crippen molar-refractivity contribution in [2.45, 2.75) is 18.9 Å². The first-order valence-corrected chi connectivity index (χ1v) is 5.60. The summed E-state index contributed by atoms with van der Waals surface area (Å²) in [6, 6.07) is 8.66. The molecule has 1 aromatic carbocycles. The molecule has 1 aromatic rings. The van der Waals surface area contributed by atoms with E-state index < -0.39 is 12.0 Å². The number of carbonyl (C=O) groups is 1. The number of nitrogens with zero attached hydrogens (tertiary/aromatic N) is 2. The molecule has 0 aliphatic heterocycles. The number of hydrogen-bond donors (Lipinski definition) is 1. The summed E-state index contributed by atoms with van der Waals surface area (Å²) in [6.07, 6.45) is 1.91. The fourth-order valence-corrected chi connectivity index (χ4v) is 2.12. The van der Waals surface area contributed by atoms with Crippen LogP contribution >= 0.6 is 0 Å². The lowest BCUT2D eigenvalue weighted by Crippen LogP contribution is -2.40. The van der Waals surface area contributed by atoms with Gasteiger partial charge in [-0.25, -0.2) is 4.79 Å². The van der Waals surface area contributed by atoms with Gasteiger partial charge in [0.25, 0.3) is 0 Å². The molecule has 1 atom stereocenters. The van der Waals surface area contributed by atoms with Gasteiger partial charge in [0.2, 0.25) is 0 Å². The highest BCUT2D eigenvalue weighted by molar-refractivity contribution is 5.80. The Morgan fingerprint density at radius 3 is 2.71 bits per heavy atom. The van der Waals surface area contributed by atoms with Crippen LogP contribution < -0.4 is 4.90 Å². The maximum atomic E-state index is 11.3. The Bertz CT molecular complexity index is 475. The Morgan fingerprint density at radius 2 is 2.18 bits per heavy atom. The number of nitriles is 1. The van der Waals surface area contributed by atoms with Crippen LogP contribution in [0.15, 0.2) is 24.3 Å². The second-order valence-electron chi connectivity index (χ2n) is 4.36. The molecule has 88 valence electrons. The third-order valence-corrected chi connectivity index (χ3v) is 3.14. The first kappa shape index (κ1) is 11.5. The molecule has 1 N–H and O–H groups in total. The molecule has 4 heteroatoms. The van der Waals surface area contributed by atoms with E-state index in [9.17, 15) is 9.90 Å². The van der Waals surface area contributed by atoms with Gasteiger partial charge in [0.15, 0.2) is 0 Å². The summed E-state index contributed by atoms with van der Waals surface area (Å²) in [4.78, 5) is 13.0. The van der Waals surface area contributed by atoms with Gasteiger partial charge in [0, 0.05) is 7.05 Å². The first-order valence-electron chi connectivity index (χ1n) is 5.60. The Kier molecular flexibility index (Phi) is 3.01. The number of rotatable bonds is 4. The zero-order valence-corrected chi connectivity index (χ0v) is 9.63. The molecule has 0 amide bonds. The van der Waals surface area contributed by atoms with Crippen LogP contribution in [0.5, 0.6) is 0 Å². The van der Waals surface area contributed by atoms with Crippen LogP contribution in [-0.4, -0.2) is 24.2 Å². The van der Waals surface area contributed by atoms with Crippen LogP contribution in [0.2, 0.25) is 0 Å². The Hall–Kier alpha value is -2.02. The second-order valence-corrected chi connectivity index (χ2v) is 4.36. The smallest absolute Gasteiger partial charge is 0.326 e. The molecule has 1 fully saturated rings. The van der Waals surface area contributed by atoms with Crippen LogP contribution in [0.25, 0.3) is 0 Å². The molecule has 1 aliphatic carbocycles. The average Bonchev–Trinajstić information content (AvgIpc) is 3.13. The van der Waals surface area contributed by atoms with Gasteiger partial charge in [-0.1, -0.05) is 12.1 Å². The van der Waals surface area contributed by atoms with Gasteiger partial charge >= 0.3 is 5.97 Å². The molecular weight excluding hydrogens is 216 g/mol. The van der Waals surface area contributed by atoms with Crippen molar-refractivity contribution in [3.05, 3.63) is 29.8 Å². The predicted octanol–water partition coefficient (Wildman–Crippen LogP) is 1.86. The zero-order chi connectivity index (χ0) is 12.4. The van der Waals surface area contributed by atoms with E-state index in [2.05, 4.69) is 6.07 Å². The quantitative estimate of drug-likeness (QED) is 0.857. The van der Waals surface area contributed by atoms with E-state index in [0.717, 1.165) is 12.8 Å². The minimum absolute atomic E-state index is 0.212. The summed E-state index contributed by atoms with van der Waals surface area (Å²) < 4.78 is 0. The van der Waals surface area contributed by atoms with E-state index >= 15 is 0 Å². The van der Waals surface area contributed by atoms with Gasteiger partial charge in [0.1, 0.15) is 12.1 Å². The number of hydrogen-bond acceptors (Lipinski definition) is 3. The Labute approximate surface area is 100 Å². The average molecular weight is 230 g/mol. The molecule has 1 saturated carbocycles. The topological polar surface area (TPSA) is 64.3 Å². The summed E-state index contributed by atoms with van der Waals surface area (Å²) in [5, 5.41) is 18.3. The molecule has 0 radical (unpaired) electrons. The Morgan fingerprint density at radius 1 is 1.53 bits per heavy atom. The van der Waals surface area contributed by atoms with Crippen molar-refractivity contribution in [1.82, 2.24) is 0 Å². The van der Waals surface area contributed by atoms with Gasteiger partial charge in [-0.3, -0.25) is 0 Å². The highest BCUT2D eigenvalue weighted by Crippen LogP contribution is 2.37. The number of likely N-dealkylation sites (N-methyl/N-ethyl adjacent to an activating group) is 1. The lowest BCUT2D eigenvalue weighted by atomic mass is 10.1. The molecule has 1 unspecified atom stereocenters. The summed E-state index contributed by atoms with van der Waals surface area (Å²) >= 11 is 0. The van der Waals surface area contributed by atoms with Crippen molar-refractivity contribution >= 4 is 11.7 Å². The monoisotopic (exact) mass is 230 g/mol. The molecule has 1 aliphatic rings. The van der Waals surface area contributed by atoms with E-state index in [0.29, 0.717) is 11.3 Å². The number of carboxylic acid groups (broad SMARTS) is 1. The summed E-state index contributed by atoms with van der Waals surface area (Å²) in [5.41, 5.74) is 1.20. The van der Waals surface area contributed by atoms with Crippen LogP contribution in [0.3, 0.4) is 0 Å². The van der Waals surface area contributed by atoms with E-state index in [1.165, 1.54) is 0 Å². The largest absolute Gasteiger partial charge is 0.480 e. The highest BCUT2D eigenvalue weighted by Gasteiger charge is 2.39. The minimum Gasteiger partial charge on any atom is -0.480 e. The molecule has 0 saturated heterocycles. The summed E-state index contributed by atoms with van der Waals surface area (Å²) in [6.45, 7) is 0. The van der Waals surface area contributed by atoms with Crippen LogP contribution in [0, 0.1) is 17.2 Å². The van der Waals surface area contributed by atoms with Crippen molar-refractivity contribution in [2.75, 3.05) is 11.9 Å². The highest BCUT2D eigenvalue weighted by atomic mass is 16.4. The molecular formula is C13H14N2O2. The fourth-order valence-electron chi connectivity index (χ4n) is 2.12. The molecule has 0 aromatic heterocycles. The van der Waals surface area contributed by atoms with Crippen molar-refractivity contribution < 1.29 is 9.90 Å². The fraction of sp³-hybridized carbons (Fsp3) is 0.385. The van der Waals surface area contributed by atoms with E-state index in [4.69, 9.17) is 5.26 Å². The Balaban J connectivity index is 2.32. The predicted molar refractivity (Wildman–Crippen MR) is 63.7 cm³/mol. The third kappa shape index (κ3) is 2.23. The van der Waals surface area contributed by atoms with Gasteiger partial charge in [-0.15, -0.1) is 0 Å². The van der Waals surface area contributed by atoms with Crippen LogP contribution in [0.1, 0.15) is 18.4 Å². The molecule has 17 heavy (non-hydrogen) atoms. The molecule has 4 nitrogen and oxygen atoms in total. The lowest BCUT2D eigenvalue weighted by molar-refractivity contribution is -0.139. The van der Waals surface area contributed by atoms with Crippen LogP contribution in [0.4, 0.5) is 5.69 Å². The zero-order valence-electron chi connectivity index (χ0n) is 9.63. The number of para-hydroxylation sites is 1. The standard InChI is InChI=1S/C13H14N2O2/c1-15(12(13(16)17)9-6-7-9)11-5-3-2-4-10(11)8-14/h2-5,9,12H,6-7H2,1H3,(H,16,17). The van der Waals surface area contributed by atoms with Crippen LogP contribution in [-0.2, 0) is 4.79 Å². The van der Waals surface area contributed by atoms with Gasteiger partial charge in [0.05, 0.1) is 11.3 Å². The van der Waals surface area contributed by atoms with Crippen molar-refractivity contribution in [3.63, 3.8) is 0 Å². The molecule has 0 spiro atoms. The maximum Gasteiger partial charge on any atom is 0.326 e. The van der Waals surface area contributed by atoms with E-state index in [1.807, 2.05) is 6.07 Å². The second kappa shape index (κ2) is 4.46. The maximum absolute atomic E-state index is 11.3. The van der Waals surface area contributed by atoms with Gasteiger partial charge in [-0.2, -0.15) is 5.26 Å². The third-order valence-electron chi connectivity index (χ3n) is 3.14. The number of carboxylic acids is 1. The van der Waals surface area contributed by atoms with E-state index in [-0.39, 0.29) is 5.92 Å². The number of aliphatic carboxylic acids is 1. The van der Waals surface area contributed by atoms with Crippen molar-refractivity contribution in [2.24, 2.45) is 5.92 Å². The van der Waals surface area contributed by atoms with Crippen molar-refractivity contribution in [1.29, 1.82) is 5.26 Å². The molecule has 0 bridgehead atoms. The lowest BCUT2D eigenvalue weighted by Gasteiger charge is -2.27. The van der Waals surface area contributed by atoms with Gasteiger partial charge in [-0.05, 0) is 30.9 Å². The first-order chi connectivity index (χ1) is 8.15. The molecule has 0 heterocycles. The van der Waals surface area contributed by atoms with Crippen molar-refractivity contribution in [3.8, 4) is 6.07 Å². The molecule has 2 rings (SSSR count). The number of benzene rings is 1. The van der Waals surface area contributed by atoms with E-state index in [1.54, 1.807) is 30.1 Å². The summed E-state index contributed by atoms with van der Waals surface area (Å²) in [5.74, 6) is -0.605. The van der Waals surface area contributed by atoms with Gasteiger partial charge < -0.3 is 10.0 Å². The minimum atomic E-state index is -0.817. The normalized spacial score (nSPS) is 16.0.